The van der Waals surface area contributed by atoms with Gasteiger partial charge in [-0.2, -0.15) is 0 Å². The molecule has 0 radical (unpaired) electrons. The van der Waals surface area contributed by atoms with Gasteiger partial charge in [0.05, 0.1) is 17.8 Å². The molecule has 0 saturated carbocycles. The number of benzene rings is 1. The highest BCUT2D eigenvalue weighted by Gasteiger charge is 2.50. The first-order valence-corrected chi connectivity index (χ1v) is 7.68. The Hall–Kier alpha value is -1.36. The zero-order chi connectivity index (χ0) is 16.4. The summed E-state index contributed by atoms with van der Waals surface area (Å²) in [5.74, 6) is 1.99. The van der Waals surface area contributed by atoms with Crippen molar-refractivity contribution in [2.24, 2.45) is 0 Å². The third-order valence-electron chi connectivity index (χ3n) is 4.48. The summed E-state index contributed by atoms with van der Waals surface area (Å²) in [7, 11) is -0.401. The maximum absolute atomic E-state index is 9.19. The minimum absolute atomic E-state index is 0.0133. The third-order valence-corrected chi connectivity index (χ3v) is 4.48. The summed E-state index contributed by atoms with van der Waals surface area (Å²) in [4.78, 5) is 0. The Balaban J connectivity index is 2.37. The highest BCUT2D eigenvalue weighted by atomic mass is 16.7. The van der Waals surface area contributed by atoms with Crippen molar-refractivity contribution in [2.45, 2.75) is 45.8 Å². The van der Waals surface area contributed by atoms with Crippen LogP contribution in [0, 0.1) is 0 Å². The van der Waals surface area contributed by atoms with Crippen molar-refractivity contribution in [3.63, 3.8) is 0 Å². The summed E-state index contributed by atoms with van der Waals surface area (Å²) in [6, 6.07) is 10.1. The molecule has 1 saturated heterocycles. The molecule has 0 aromatic heterocycles. The van der Waals surface area contributed by atoms with Gasteiger partial charge in [0.2, 0.25) is 0 Å². The standard InChI is InChI=1S/C18H25BO3/c1-14(11-12-20)16(15-9-7-6-8-10-15)13-19-21-17(2,3)18(4,5)22-19/h6-11,13,20H,12H2,1-5H3/b14-11+,16-13+. The van der Waals surface area contributed by atoms with Gasteiger partial charge >= 0.3 is 7.12 Å². The topological polar surface area (TPSA) is 38.7 Å². The van der Waals surface area contributed by atoms with E-state index in [4.69, 9.17) is 9.31 Å². The minimum atomic E-state index is -0.401. The molecule has 3 nitrogen and oxygen atoms in total. The Labute approximate surface area is 133 Å². The number of aliphatic hydroxyl groups is 1. The van der Waals surface area contributed by atoms with Crippen LogP contribution in [-0.4, -0.2) is 30.0 Å². The van der Waals surface area contributed by atoms with Crippen LogP contribution >= 0.6 is 0 Å². The first-order chi connectivity index (χ1) is 10.3. The smallest absolute Gasteiger partial charge is 0.400 e. The molecule has 2 rings (SSSR count). The molecule has 0 atom stereocenters. The van der Waals surface area contributed by atoms with Crippen molar-refractivity contribution in [3.05, 3.63) is 53.5 Å². The van der Waals surface area contributed by atoms with E-state index < -0.39 is 7.12 Å². The quantitative estimate of drug-likeness (QED) is 0.681. The average Bonchev–Trinajstić information content (AvgIpc) is 2.65. The highest BCUT2D eigenvalue weighted by molar-refractivity contribution is 6.53. The Morgan fingerprint density at radius 2 is 1.64 bits per heavy atom. The van der Waals surface area contributed by atoms with E-state index in [1.807, 2.05) is 70.9 Å². The zero-order valence-corrected chi connectivity index (χ0v) is 14.1. The van der Waals surface area contributed by atoms with E-state index in [0.717, 1.165) is 16.7 Å². The maximum Gasteiger partial charge on any atom is 0.487 e. The van der Waals surface area contributed by atoms with Crippen molar-refractivity contribution < 1.29 is 14.4 Å². The van der Waals surface area contributed by atoms with E-state index in [1.165, 1.54) is 0 Å². The Bertz CT molecular complexity index is 557. The van der Waals surface area contributed by atoms with Crippen LogP contribution in [0.4, 0.5) is 0 Å². The molecule has 0 bridgehead atoms. The molecule has 1 heterocycles. The zero-order valence-electron chi connectivity index (χ0n) is 14.1. The molecule has 1 aromatic rings. The first kappa shape index (κ1) is 17.0. The van der Waals surface area contributed by atoms with E-state index in [9.17, 15) is 5.11 Å². The molecular formula is C18H25BO3. The molecule has 0 unspecified atom stereocenters. The molecule has 0 aliphatic carbocycles. The van der Waals surface area contributed by atoms with Crippen LogP contribution in [-0.2, 0) is 9.31 Å². The Morgan fingerprint density at radius 1 is 1.09 bits per heavy atom. The second-order valence-electron chi connectivity index (χ2n) is 6.64. The predicted molar refractivity (Wildman–Crippen MR) is 91.3 cm³/mol. The highest BCUT2D eigenvalue weighted by Crippen LogP contribution is 2.38. The summed E-state index contributed by atoms with van der Waals surface area (Å²) in [6.45, 7) is 10.2. The molecule has 1 aliphatic rings. The van der Waals surface area contributed by atoms with Gasteiger partial charge in [-0.05, 0) is 57.3 Å². The van der Waals surface area contributed by atoms with Crippen molar-refractivity contribution in [1.29, 1.82) is 0 Å². The lowest BCUT2D eigenvalue weighted by Crippen LogP contribution is -2.41. The van der Waals surface area contributed by atoms with Gasteiger partial charge in [-0.1, -0.05) is 36.4 Å². The molecule has 1 N–H and O–H groups in total. The van der Waals surface area contributed by atoms with Gasteiger partial charge in [-0.15, -0.1) is 0 Å². The van der Waals surface area contributed by atoms with Crippen LogP contribution in [0.1, 0.15) is 40.2 Å². The van der Waals surface area contributed by atoms with E-state index in [1.54, 1.807) is 6.08 Å². The fraction of sp³-hybridized carbons (Fsp3) is 0.444. The molecule has 0 spiro atoms. The molecule has 1 fully saturated rings. The van der Waals surface area contributed by atoms with Gasteiger partial charge in [0.15, 0.2) is 0 Å². The lowest BCUT2D eigenvalue weighted by atomic mass is 9.82. The first-order valence-electron chi connectivity index (χ1n) is 7.68. The van der Waals surface area contributed by atoms with Crippen molar-refractivity contribution in [1.82, 2.24) is 0 Å². The van der Waals surface area contributed by atoms with Gasteiger partial charge in [0, 0.05) is 0 Å². The lowest BCUT2D eigenvalue weighted by molar-refractivity contribution is 0.00578. The summed E-state index contributed by atoms with van der Waals surface area (Å²) in [5, 5.41) is 9.19. The largest absolute Gasteiger partial charge is 0.487 e. The predicted octanol–water partition coefficient (Wildman–Crippen LogP) is 3.64. The number of hydrogen-bond donors (Lipinski definition) is 1. The van der Waals surface area contributed by atoms with Crippen LogP contribution in [0.3, 0.4) is 0 Å². The summed E-state index contributed by atoms with van der Waals surface area (Å²) < 4.78 is 12.1. The normalized spacial score (nSPS) is 21.3. The maximum atomic E-state index is 9.19. The Kier molecular flexibility index (Phi) is 4.95. The molecular weight excluding hydrogens is 275 g/mol. The molecule has 4 heteroatoms. The van der Waals surface area contributed by atoms with Gasteiger partial charge in [-0.25, -0.2) is 0 Å². The second-order valence-corrected chi connectivity index (χ2v) is 6.64. The van der Waals surface area contributed by atoms with Crippen molar-refractivity contribution in [3.8, 4) is 0 Å². The van der Waals surface area contributed by atoms with E-state index >= 15 is 0 Å². The van der Waals surface area contributed by atoms with Crippen LogP contribution in [0.5, 0.6) is 0 Å². The fourth-order valence-corrected chi connectivity index (χ4v) is 2.41. The number of allylic oxidation sites excluding steroid dienone is 2. The van der Waals surface area contributed by atoms with Gasteiger partial charge in [0.25, 0.3) is 0 Å². The molecule has 1 aromatic carbocycles. The number of rotatable bonds is 4. The average molecular weight is 300 g/mol. The van der Waals surface area contributed by atoms with Crippen LogP contribution < -0.4 is 0 Å². The van der Waals surface area contributed by atoms with Crippen molar-refractivity contribution >= 4 is 12.7 Å². The summed E-state index contributed by atoms with van der Waals surface area (Å²) >= 11 is 0. The van der Waals surface area contributed by atoms with Crippen LogP contribution in [0.2, 0.25) is 0 Å². The second kappa shape index (κ2) is 6.41. The molecule has 0 amide bonds. The molecule has 118 valence electrons. The van der Waals surface area contributed by atoms with Crippen molar-refractivity contribution in [2.75, 3.05) is 6.61 Å². The monoisotopic (exact) mass is 300 g/mol. The van der Waals surface area contributed by atoms with Gasteiger partial charge in [0.1, 0.15) is 0 Å². The summed E-state index contributed by atoms with van der Waals surface area (Å²) in [5.41, 5.74) is 2.39. The summed E-state index contributed by atoms with van der Waals surface area (Å²) in [6.07, 6.45) is 1.80. The van der Waals surface area contributed by atoms with E-state index in [2.05, 4.69) is 0 Å². The molecule has 22 heavy (non-hydrogen) atoms. The minimum Gasteiger partial charge on any atom is -0.400 e. The van der Waals surface area contributed by atoms with Crippen LogP contribution in [0.25, 0.3) is 5.57 Å². The number of hydrogen-bond acceptors (Lipinski definition) is 3. The van der Waals surface area contributed by atoms with Crippen LogP contribution in [0.15, 0.2) is 48.0 Å². The van der Waals surface area contributed by atoms with Gasteiger partial charge < -0.3 is 14.4 Å². The van der Waals surface area contributed by atoms with Gasteiger partial charge in [-0.3, -0.25) is 0 Å². The van der Waals surface area contributed by atoms with E-state index in [0.29, 0.717) is 0 Å². The SMILES string of the molecule is CC(=C\CO)/C(=C\B1OC(C)(C)C(C)(C)O1)c1ccccc1. The van der Waals surface area contributed by atoms with E-state index in [-0.39, 0.29) is 17.8 Å². The third kappa shape index (κ3) is 3.51. The molecule has 1 aliphatic heterocycles. The number of aliphatic hydroxyl groups excluding tert-OH is 1. The fourth-order valence-electron chi connectivity index (χ4n) is 2.41. The lowest BCUT2D eigenvalue weighted by Gasteiger charge is -2.32. The Morgan fingerprint density at radius 3 is 2.14 bits per heavy atom.